The first-order valence-electron chi connectivity index (χ1n) is 11.0. The zero-order valence-electron chi connectivity index (χ0n) is 18.5. The number of anilines is 2. The van der Waals surface area contributed by atoms with E-state index in [1.165, 1.54) is 24.3 Å². The summed E-state index contributed by atoms with van der Waals surface area (Å²) >= 11 is 5.84. The first-order chi connectivity index (χ1) is 17.0. The van der Waals surface area contributed by atoms with Crippen molar-refractivity contribution < 1.29 is 18.3 Å². The van der Waals surface area contributed by atoms with E-state index in [1.807, 2.05) is 27.7 Å². The molecule has 0 aliphatic carbocycles. The van der Waals surface area contributed by atoms with Crippen molar-refractivity contribution in [3.63, 3.8) is 0 Å². The van der Waals surface area contributed by atoms with Crippen molar-refractivity contribution in [3.05, 3.63) is 95.3 Å². The first-order valence-corrected chi connectivity index (χ1v) is 11.4. The summed E-state index contributed by atoms with van der Waals surface area (Å²) < 4.78 is 35.5. The Morgan fingerprint density at radius 1 is 1.03 bits per heavy atom. The van der Waals surface area contributed by atoms with E-state index in [0.717, 1.165) is 6.29 Å². The van der Waals surface area contributed by atoms with Gasteiger partial charge in [-0.1, -0.05) is 29.8 Å². The van der Waals surface area contributed by atoms with E-state index in [1.54, 1.807) is 30.3 Å². The van der Waals surface area contributed by atoms with Gasteiger partial charge in [-0.05, 0) is 54.6 Å². The van der Waals surface area contributed by atoms with Crippen molar-refractivity contribution in [1.29, 1.82) is 0 Å². The van der Waals surface area contributed by atoms with Crippen molar-refractivity contribution in [2.45, 2.75) is 19.3 Å². The fraction of sp³-hybridized carbons (Fsp3) is 0.154. The molecule has 9 heteroatoms. The summed E-state index contributed by atoms with van der Waals surface area (Å²) in [6.45, 7) is 1.37. The number of carbonyl (C=O) groups is 1. The Labute approximate surface area is 205 Å². The molecule has 6 nitrogen and oxygen atoms in total. The van der Waals surface area contributed by atoms with Crippen LogP contribution in [-0.2, 0) is 17.9 Å². The molecule has 1 aliphatic heterocycles. The molecular weight excluding hydrogens is 474 g/mol. The van der Waals surface area contributed by atoms with Gasteiger partial charge in [0, 0.05) is 24.3 Å². The molecule has 0 fully saturated rings. The van der Waals surface area contributed by atoms with Gasteiger partial charge in [-0.2, -0.15) is 0 Å². The van der Waals surface area contributed by atoms with Gasteiger partial charge in [0.2, 0.25) is 6.23 Å². The quantitative estimate of drug-likeness (QED) is 0.337. The Kier molecular flexibility index (Phi) is 6.48. The van der Waals surface area contributed by atoms with E-state index in [4.69, 9.17) is 21.3 Å². The smallest absolute Gasteiger partial charge is 0.209 e. The number of ether oxygens (including phenoxy) is 1. The molecular formula is C26H21ClF2N4O2. The highest BCUT2D eigenvalue weighted by Gasteiger charge is 2.29. The van der Waals surface area contributed by atoms with Crippen LogP contribution in [0.5, 0.6) is 5.75 Å². The molecule has 1 aromatic heterocycles. The number of para-hydroxylation sites is 1. The Hall–Kier alpha value is -3.75. The van der Waals surface area contributed by atoms with Crippen LogP contribution in [0.4, 0.5) is 20.3 Å². The Morgan fingerprint density at radius 2 is 1.80 bits per heavy atom. The van der Waals surface area contributed by atoms with Gasteiger partial charge in [-0.25, -0.2) is 13.8 Å². The Morgan fingerprint density at radius 3 is 2.51 bits per heavy atom. The van der Waals surface area contributed by atoms with Crippen LogP contribution in [0.2, 0.25) is 5.02 Å². The summed E-state index contributed by atoms with van der Waals surface area (Å²) in [5, 5.41) is 3.27. The number of aromatic nitrogens is 2. The number of hydrogen-bond acceptors (Lipinski definition) is 5. The van der Waals surface area contributed by atoms with Crippen molar-refractivity contribution in [3.8, 4) is 17.0 Å². The number of nitrogens with one attached hydrogen (secondary N) is 1. The fourth-order valence-corrected chi connectivity index (χ4v) is 4.16. The maximum atomic E-state index is 14.1. The molecule has 4 aromatic rings. The van der Waals surface area contributed by atoms with Gasteiger partial charge >= 0.3 is 0 Å². The van der Waals surface area contributed by atoms with Crippen molar-refractivity contribution in [2.24, 2.45) is 0 Å². The van der Waals surface area contributed by atoms with E-state index < -0.39 is 12.0 Å². The largest absolute Gasteiger partial charge is 0.468 e. The molecule has 0 saturated heterocycles. The van der Waals surface area contributed by atoms with Gasteiger partial charge in [0.1, 0.15) is 34.7 Å². The summed E-state index contributed by atoms with van der Waals surface area (Å²) in [5.41, 5.74) is 1.78. The molecule has 1 aliphatic rings. The number of carbonyl (C=O) groups excluding carboxylic acids is 1. The number of fused-ring (bicyclic) bond motifs is 1. The molecule has 178 valence electrons. The molecule has 0 radical (unpaired) electrons. The average Bonchev–Trinajstić information content (AvgIpc) is 3.23. The lowest BCUT2D eigenvalue weighted by Gasteiger charge is -2.32. The van der Waals surface area contributed by atoms with E-state index >= 15 is 0 Å². The molecule has 0 saturated carbocycles. The molecule has 1 N–H and O–H groups in total. The van der Waals surface area contributed by atoms with E-state index in [0.29, 0.717) is 54.0 Å². The molecule has 3 aromatic carbocycles. The van der Waals surface area contributed by atoms with Crippen LogP contribution in [0.15, 0.2) is 72.8 Å². The maximum Gasteiger partial charge on any atom is 0.209 e. The van der Waals surface area contributed by atoms with Crippen LogP contribution in [0.3, 0.4) is 0 Å². The standard InChI is InChI=1S/C26H21ClF2N4O2/c27-21-11-10-19(14-22(21)29)30-26-25(17-6-8-18(28)9-7-17)31-23-15-32(12-13-33(23)26)24(16-34)35-20-4-2-1-3-5-20/h1-11,14,16,24,30H,12-13,15H2. The number of benzene rings is 3. The third-order valence-corrected chi connectivity index (χ3v) is 6.08. The van der Waals surface area contributed by atoms with Gasteiger partial charge in [0.05, 0.1) is 11.6 Å². The van der Waals surface area contributed by atoms with Gasteiger partial charge in [-0.15, -0.1) is 0 Å². The predicted molar refractivity (Wildman–Crippen MR) is 130 cm³/mol. The lowest BCUT2D eigenvalue weighted by Crippen LogP contribution is -2.45. The molecule has 35 heavy (non-hydrogen) atoms. The van der Waals surface area contributed by atoms with Crippen LogP contribution in [-0.4, -0.2) is 33.5 Å². The number of imidazole rings is 1. The molecule has 1 atom stereocenters. The fourth-order valence-electron chi connectivity index (χ4n) is 4.04. The van der Waals surface area contributed by atoms with Crippen LogP contribution < -0.4 is 10.1 Å². The number of aldehydes is 1. The molecule has 0 spiro atoms. The normalized spacial score (nSPS) is 14.3. The van der Waals surface area contributed by atoms with Crippen LogP contribution in [0.1, 0.15) is 5.82 Å². The minimum atomic E-state index is -0.779. The highest BCUT2D eigenvalue weighted by Crippen LogP contribution is 2.34. The molecule has 0 amide bonds. The van der Waals surface area contributed by atoms with Crippen LogP contribution in [0.25, 0.3) is 11.3 Å². The van der Waals surface area contributed by atoms with Gasteiger partial charge in [-0.3, -0.25) is 9.69 Å². The van der Waals surface area contributed by atoms with Crippen LogP contribution in [0, 0.1) is 11.6 Å². The summed E-state index contributed by atoms with van der Waals surface area (Å²) in [6, 6.07) is 19.6. The van der Waals surface area contributed by atoms with E-state index in [9.17, 15) is 13.6 Å². The lowest BCUT2D eigenvalue weighted by molar-refractivity contribution is -0.122. The lowest BCUT2D eigenvalue weighted by atomic mass is 10.1. The predicted octanol–water partition coefficient (Wildman–Crippen LogP) is 5.64. The maximum absolute atomic E-state index is 14.1. The van der Waals surface area contributed by atoms with Crippen molar-refractivity contribution >= 4 is 29.4 Å². The third kappa shape index (κ3) is 4.89. The highest BCUT2D eigenvalue weighted by atomic mass is 35.5. The van der Waals surface area contributed by atoms with Gasteiger partial charge in [0.25, 0.3) is 0 Å². The summed E-state index contributed by atoms with van der Waals surface area (Å²) in [7, 11) is 0. The summed E-state index contributed by atoms with van der Waals surface area (Å²) in [6.07, 6.45) is -0.0128. The molecule has 2 heterocycles. The van der Waals surface area contributed by atoms with Crippen molar-refractivity contribution in [1.82, 2.24) is 14.5 Å². The Bertz CT molecular complexity index is 1350. The molecule has 0 bridgehead atoms. The summed E-state index contributed by atoms with van der Waals surface area (Å²) in [5.74, 6) is 1.02. The average molecular weight is 495 g/mol. The minimum absolute atomic E-state index is 0.0265. The molecule has 5 rings (SSSR count). The zero-order chi connectivity index (χ0) is 24.4. The second kappa shape index (κ2) is 9.85. The minimum Gasteiger partial charge on any atom is -0.468 e. The van der Waals surface area contributed by atoms with Crippen LogP contribution >= 0.6 is 11.6 Å². The number of rotatable bonds is 7. The van der Waals surface area contributed by atoms with Crippen molar-refractivity contribution in [2.75, 3.05) is 11.9 Å². The highest BCUT2D eigenvalue weighted by molar-refractivity contribution is 6.30. The molecule has 1 unspecified atom stereocenters. The number of hydrogen-bond donors (Lipinski definition) is 1. The SMILES string of the molecule is O=CC(Oc1ccccc1)N1CCn2c(nc(-c3ccc(F)cc3)c2Nc2ccc(Cl)c(F)c2)C1. The van der Waals surface area contributed by atoms with E-state index in [2.05, 4.69) is 5.32 Å². The van der Waals surface area contributed by atoms with Gasteiger partial charge < -0.3 is 14.6 Å². The van der Waals surface area contributed by atoms with E-state index in [-0.39, 0.29) is 10.8 Å². The number of halogens is 3. The second-order valence-corrected chi connectivity index (χ2v) is 8.47. The third-order valence-electron chi connectivity index (χ3n) is 5.78. The monoisotopic (exact) mass is 494 g/mol. The first kappa shape index (κ1) is 23.0. The second-order valence-electron chi connectivity index (χ2n) is 8.07. The topological polar surface area (TPSA) is 59.4 Å². The number of nitrogens with zero attached hydrogens (tertiary/aromatic N) is 3. The van der Waals surface area contributed by atoms with Gasteiger partial charge in [0.15, 0.2) is 6.29 Å². The summed E-state index contributed by atoms with van der Waals surface area (Å²) in [4.78, 5) is 18.6. The Balaban J connectivity index is 1.48. The zero-order valence-corrected chi connectivity index (χ0v) is 19.3.